The highest BCUT2D eigenvalue weighted by Gasteiger charge is 2.22. The molecule has 3 N–H and O–H groups in total. The third-order valence-corrected chi connectivity index (χ3v) is 5.20. The molecule has 0 saturated carbocycles. The van der Waals surface area contributed by atoms with Gasteiger partial charge in [-0.3, -0.25) is 4.72 Å². The van der Waals surface area contributed by atoms with Crippen molar-refractivity contribution >= 4 is 43.8 Å². The molecule has 2 rings (SSSR count). The molecule has 1 aromatic heterocycles. The summed E-state index contributed by atoms with van der Waals surface area (Å²) < 4.78 is 53.3. The molecule has 6 nitrogen and oxygen atoms in total. The Morgan fingerprint density at radius 1 is 1.30 bits per heavy atom. The number of likely N-dealkylation sites (N-methyl/N-ethyl adjacent to an activating group) is 1. The summed E-state index contributed by atoms with van der Waals surface area (Å²) in [6.45, 7) is 1.10. The van der Waals surface area contributed by atoms with Crippen LogP contribution in [-0.2, 0) is 10.0 Å². The Kier molecular flexibility index (Phi) is 5.74. The van der Waals surface area contributed by atoms with Gasteiger partial charge < -0.3 is 10.6 Å². The largest absolute Gasteiger partial charge is 0.382 e. The molecule has 126 valence electrons. The molecule has 1 aromatic carbocycles. The minimum absolute atomic E-state index is 0.0493. The van der Waals surface area contributed by atoms with Gasteiger partial charge in [-0.2, -0.15) is 4.39 Å². The fourth-order valence-corrected chi connectivity index (χ4v) is 3.83. The van der Waals surface area contributed by atoms with E-state index in [4.69, 9.17) is 11.6 Å². The van der Waals surface area contributed by atoms with Gasteiger partial charge in [-0.05, 0) is 19.2 Å². The fraction of sp³-hybridized carbons (Fsp3) is 0.250. The molecule has 0 fully saturated rings. The lowest BCUT2D eigenvalue weighted by atomic mass is 10.3. The monoisotopic (exact) mass is 382 g/mol. The van der Waals surface area contributed by atoms with Gasteiger partial charge in [-0.1, -0.05) is 22.9 Å². The number of hydrogen-bond acceptors (Lipinski definition) is 6. The highest BCUT2D eigenvalue weighted by Crippen LogP contribution is 2.29. The molecule has 0 atom stereocenters. The van der Waals surface area contributed by atoms with Gasteiger partial charge in [-0.25, -0.2) is 17.8 Å². The minimum atomic E-state index is -4.26. The van der Waals surface area contributed by atoms with E-state index in [1.54, 1.807) is 7.05 Å². The van der Waals surface area contributed by atoms with Crippen LogP contribution in [0.15, 0.2) is 23.2 Å². The van der Waals surface area contributed by atoms with Crippen molar-refractivity contribution in [2.45, 2.75) is 4.90 Å². The van der Waals surface area contributed by atoms with Crippen LogP contribution in [-0.4, -0.2) is 33.5 Å². The quantitative estimate of drug-likeness (QED) is 0.641. The van der Waals surface area contributed by atoms with Crippen molar-refractivity contribution in [3.05, 3.63) is 34.3 Å². The highest BCUT2D eigenvalue weighted by molar-refractivity contribution is 7.93. The summed E-state index contributed by atoms with van der Waals surface area (Å²) in [5, 5.41) is 4.96. The first-order valence-corrected chi connectivity index (χ1v) is 9.03. The number of nitrogens with zero attached hydrogens (tertiary/aromatic N) is 1. The van der Waals surface area contributed by atoms with Gasteiger partial charge in [0.15, 0.2) is 10.3 Å². The molecule has 0 spiro atoms. The number of anilines is 2. The van der Waals surface area contributed by atoms with Gasteiger partial charge in [0, 0.05) is 13.1 Å². The number of halogens is 3. The Labute approximate surface area is 140 Å². The first kappa shape index (κ1) is 17.9. The van der Waals surface area contributed by atoms with E-state index in [-0.39, 0.29) is 15.8 Å². The number of nitrogens with one attached hydrogen (secondary N) is 3. The summed E-state index contributed by atoms with van der Waals surface area (Å²) in [4.78, 5) is 2.88. The molecule has 0 aliphatic heterocycles. The molecule has 0 bridgehead atoms. The average molecular weight is 383 g/mol. The van der Waals surface area contributed by atoms with Crippen LogP contribution in [0.25, 0.3) is 0 Å². The fourth-order valence-electron chi connectivity index (χ4n) is 1.66. The van der Waals surface area contributed by atoms with Crippen LogP contribution in [0, 0.1) is 10.9 Å². The summed E-state index contributed by atoms with van der Waals surface area (Å²) in [6.07, 6.45) is 0.862. The van der Waals surface area contributed by atoms with Gasteiger partial charge in [0.2, 0.25) is 0 Å². The normalized spacial score (nSPS) is 11.5. The first-order valence-electron chi connectivity index (χ1n) is 6.35. The second-order valence-corrected chi connectivity index (χ2v) is 7.41. The second kappa shape index (κ2) is 7.39. The molecule has 0 aliphatic rings. The molecule has 0 aliphatic carbocycles. The van der Waals surface area contributed by atoms with Gasteiger partial charge >= 0.3 is 0 Å². The molecule has 0 radical (unpaired) electrons. The molecule has 0 amide bonds. The second-order valence-electron chi connectivity index (χ2n) is 4.37. The van der Waals surface area contributed by atoms with Gasteiger partial charge in [0.1, 0.15) is 10.7 Å². The maximum atomic E-state index is 14.1. The van der Waals surface area contributed by atoms with Crippen molar-refractivity contribution in [1.82, 2.24) is 10.3 Å². The Morgan fingerprint density at radius 2 is 2.04 bits per heavy atom. The zero-order valence-electron chi connectivity index (χ0n) is 11.9. The first-order chi connectivity index (χ1) is 10.8. The van der Waals surface area contributed by atoms with Gasteiger partial charge in [-0.15, -0.1) is 0 Å². The summed E-state index contributed by atoms with van der Waals surface area (Å²) in [5.41, 5.74) is 0.277. The molecule has 0 saturated heterocycles. The molecular weight excluding hydrogens is 370 g/mol. The van der Waals surface area contributed by atoms with Crippen molar-refractivity contribution in [1.29, 1.82) is 0 Å². The van der Waals surface area contributed by atoms with Crippen LogP contribution >= 0.6 is 22.9 Å². The van der Waals surface area contributed by atoms with Gasteiger partial charge in [0.05, 0.1) is 16.9 Å². The smallest absolute Gasteiger partial charge is 0.266 e. The lowest BCUT2D eigenvalue weighted by Crippen LogP contribution is -2.18. The van der Waals surface area contributed by atoms with Gasteiger partial charge in [0.25, 0.3) is 10.0 Å². The predicted molar refractivity (Wildman–Crippen MR) is 86.7 cm³/mol. The Bertz CT molecular complexity index is 798. The number of benzene rings is 1. The molecule has 1 heterocycles. The third-order valence-electron chi connectivity index (χ3n) is 2.70. The van der Waals surface area contributed by atoms with Crippen molar-refractivity contribution in [3.63, 3.8) is 0 Å². The standard InChI is InChI=1S/C12H13ClF2N4O2S2/c1-16-2-3-17-9-5-8(14)10(4-7(9)13)23(20,21)19-12-18-6-11(15)22-12/h4-6,16-17H,2-3H2,1H3,(H,18,19). The van der Waals surface area contributed by atoms with E-state index < -0.39 is 25.9 Å². The Balaban J connectivity index is 2.26. The lowest BCUT2D eigenvalue weighted by Gasteiger charge is -2.11. The average Bonchev–Trinajstić information content (AvgIpc) is 2.86. The third kappa shape index (κ3) is 4.50. The topological polar surface area (TPSA) is 83.1 Å². The summed E-state index contributed by atoms with van der Waals surface area (Å²) in [7, 11) is -2.51. The zero-order chi connectivity index (χ0) is 17.0. The van der Waals surface area contributed by atoms with Crippen molar-refractivity contribution in [2.75, 3.05) is 30.2 Å². The number of aromatic nitrogens is 1. The van der Waals surface area contributed by atoms with E-state index in [1.807, 2.05) is 4.72 Å². The van der Waals surface area contributed by atoms with Crippen LogP contribution in [0.4, 0.5) is 19.6 Å². The van der Waals surface area contributed by atoms with E-state index in [0.29, 0.717) is 24.4 Å². The van der Waals surface area contributed by atoms with Crippen LogP contribution in [0.5, 0.6) is 0 Å². The molecule has 11 heteroatoms. The number of rotatable bonds is 7. The summed E-state index contributed by atoms with van der Waals surface area (Å²) in [5.74, 6) is -0.981. The maximum Gasteiger partial charge on any atom is 0.266 e. The van der Waals surface area contributed by atoms with E-state index in [0.717, 1.165) is 18.3 Å². The van der Waals surface area contributed by atoms with Crippen LogP contribution in [0.2, 0.25) is 5.02 Å². The Hall–Kier alpha value is -1.49. The van der Waals surface area contributed by atoms with Crippen molar-refractivity contribution in [2.24, 2.45) is 0 Å². The van der Waals surface area contributed by atoms with Crippen molar-refractivity contribution in [3.8, 4) is 0 Å². The summed E-state index contributed by atoms with van der Waals surface area (Å²) in [6, 6.07) is 1.99. The van der Waals surface area contributed by atoms with E-state index in [2.05, 4.69) is 15.6 Å². The molecule has 2 aromatic rings. The summed E-state index contributed by atoms with van der Waals surface area (Å²) >= 11 is 6.47. The maximum absolute atomic E-state index is 14.1. The predicted octanol–water partition coefficient (Wildman–Crippen LogP) is 2.51. The SMILES string of the molecule is CNCCNc1cc(F)c(S(=O)(=O)Nc2ncc(F)s2)cc1Cl. The lowest BCUT2D eigenvalue weighted by molar-refractivity contribution is 0.570. The van der Waals surface area contributed by atoms with Crippen molar-refractivity contribution < 1.29 is 17.2 Å². The van der Waals surface area contributed by atoms with E-state index >= 15 is 0 Å². The van der Waals surface area contributed by atoms with E-state index in [9.17, 15) is 17.2 Å². The van der Waals surface area contributed by atoms with E-state index in [1.165, 1.54) is 0 Å². The molecular formula is C12H13ClF2N4O2S2. The number of thiazole rings is 1. The van der Waals surface area contributed by atoms with Crippen LogP contribution in [0.3, 0.4) is 0 Å². The van der Waals surface area contributed by atoms with Crippen LogP contribution in [0.1, 0.15) is 0 Å². The molecule has 0 unspecified atom stereocenters. The zero-order valence-corrected chi connectivity index (χ0v) is 14.2. The number of hydrogen-bond donors (Lipinski definition) is 3. The Morgan fingerprint density at radius 3 is 2.65 bits per heavy atom. The molecule has 23 heavy (non-hydrogen) atoms. The number of sulfonamides is 1. The van der Waals surface area contributed by atoms with Crippen LogP contribution < -0.4 is 15.4 Å². The highest BCUT2D eigenvalue weighted by atomic mass is 35.5. The minimum Gasteiger partial charge on any atom is -0.382 e.